The molecule has 0 saturated heterocycles. The van der Waals surface area contributed by atoms with E-state index in [0.29, 0.717) is 12.8 Å². The summed E-state index contributed by atoms with van der Waals surface area (Å²) in [5.74, 6) is 2.63. The number of fused-ring (bicyclic) bond motifs is 1. The van der Waals surface area contributed by atoms with Crippen LogP contribution < -0.4 is 5.32 Å². The van der Waals surface area contributed by atoms with Gasteiger partial charge in [0.05, 0.1) is 17.1 Å². The predicted molar refractivity (Wildman–Crippen MR) is 114 cm³/mol. The lowest BCUT2D eigenvalue weighted by molar-refractivity contribution is -0.122. The molecule has 2 aromatic heterocycles. The van der Waals surface area contributed by atoms with Crippen molar-refractivity contribution in [3.8, 4) is 11.3 Å². The van der Waals surface area contributed by atoms with Crippen LogP contribution in [0.3, 0.4) is 0 Å². The third-order valence-electron chi connectivity index (χ3n) is 5.00. The number of para-hydroxylation sites is 2. The van der Waals surface area contributed by atoms with Crippen LogP contribution in [0.25, 0.3) is 22.4 Å². The number of amides is 1. The normalized spacial score (nSPS) is 12.4. The molecule has 0 radical (unpaired) electrons. The molecule has 2 aromatic carbocycles. The van der Waals surface area contributed by atoms with Gasteiger partial charge in [-0.3, -0.25) is 4.79 Å². The molecule has 5 heteroatoms. The lowest BCUT2D eigenvalue weighted by Crippen LogP contribution is -2.32. The van der Waals surface area contributed by atoms with Crippen LogP contribution >= 0.6 is 0 Å². The van der Waals surface area contributed by atoms with Crippen molar-refractivity contribution in [3.05, 3.63) is 78.3 Å². The Balaban J connectivity index is 1.39. The summed E-state index contributed by atoms with van der Waals surface area (Å²) >= 11 is 0. The fraction of sp³-hybridized carbons (Fsp3) is 0.250. The van der Waals surface area contributed by atoms with E-state index in [1.165, 1.54) is 0 Å². The molecule has 0 saturated carbocycles. The van der Waals surface area contributed by atoms with Crippen molar-refractivity contribution in [1.82, 2.24) is 15.3 Å². The minimum atomic E-state index is -0.161. The SMILES string of the molecule is CC(C)C(NC(=O)CCc1ccc(-c2ccccc2)o1)c1nc2ccccc2[nH]1. The molecule has 2 heterocycles. The second kappa shape index (κ2) is 8.35. The van der Waals surface area contributed by atoms with Gasteiger partial charge in [0.1, 0.15) is 17.3 Å². The van der Waals surface area contributed by atoms with Crippen molar-refractivity contribution in [1.29, 1.82) is 0 Å². The van der Waals surface area contributed by atoms with Gasteiger partial charge in [0.25, 0.3) is 0 Å². The lowest BCUT2D eigenvalue weighted by atomic mass is 10.0. The Bertz CT molecular complexity index is 1060. The summed E-state index contributed by atoms with van der Waals surface area (Å²) in [5, 5.41) is 3.13. The largest absolute Gasteiger partial charge is 0.461 e. The van der Waals surface area contributed by atoms with Crippen LogP contribution in [-0.2, 0) is 11.2 Å². The minimum absolute atomic E-state index is 0.0122. The summed E-state index contributed by atoms with van der Waals surface area (Å²) in [6.07, 6.45) is 0.925. The molecule has 4 rings (SSSR count). The first-order valence-corrected chi connectivity index (χ1v) is 9.98. The highest BCUT2D eigenvalue weighted by molar-refractivity contribution is 5.77. The number of aromatic nitrogens is 2. The average molecular weight is 387 g/mol. The lowest BCUT2D eigenvalue weighted by Gasteiger charge is -2.20. The van der Waals surface area contributed by atoms with Crippen LogP contribution in [-0.4, -0.2) is 15.9 Å². The summed E-state index contributed by atoms with van der Waals surface area (Å²) in [5.41, 5.74) is 2.92. The zero-order chi connectivity index (χ0) is 20.2. The maximum absolute atomic E-state index is 12.6. The Kier molecular flexibility index (Phi) is 5.47. The maximum Gasteiger partial charge on any atom is 0.221 e. The first-order valence-electron chi connectivity index (χ1n) is 9.98. The quantitative estimate of drug-likeness (QED) is 0.454. The third-order valence-corrected chi connectivity index (χ3v) is 5.00. The predicted octanol–water partition coefficient (Wildman–Crippen LogP) is 5.27. The Labute approximate surface area is 170 Å². The van der Waals surface area contributed by atoms with Crippen LogP contribution in [0.15, 0.2) is 71.1 Å². The highest BCUT2D eigenvalue weighted by atomic mass is 16.3. The van der Waals surface area contributed by atoms with Crippen LogP contribution in [0, 0.1) is 5.92 Å². The van der Waals surface area contributed by atoms with E-state index in [1.807, 2.05) is 66.7 Å². The molecular formula is C24H25N3O2. The summed E-state index contributed by atoms with van der Waals surface area (Å²) in [6, 6.07) is 21.6. The van der Waals surface area contributed by atoms with Gasteiger partial charge in [-0.15, -0.1) is 0 Å². The number of carbonyl (C=O) groups is 1. The van der Waals surface area contributed by atoms with Crippen molar-refractivity contribution in [2.45, 2.75) is 32.7 Å². The first-order chi connectivity index (χ1) is 14.1. The molecule has 29 heavy (non-hydrogen) atoms. The van der Waals surface area contributed by atoms with E-state index >= 15 is 0 Å². The molecule has 0 bridgehead atoms. The molecule has 1 atom stereocenters. The number of H-pyrrole nitrogens is 1. The van der Waals surface area contributed by atoms with Crippen molar-refractivity contribution in [3.63, 3.8) is 0 Å². The number of furan rings is 1. The fourth-order valence-electron chi connectivity index (χ4n) is 3.42. The summed E-state index contributed by atoms with van der Waals surface area (Å²) in [6.45, 7) is 4.16. The number of nitrogens with zero attached hydrogens (tertiary/aromatic N) is 1. The second-order valence-corrected chi connectivity index (χ2v) is 7.56. The molecule has 148 valence electrons. The van der Waals surface area contributed by atoms with Crippen molar-refractivity contribution < 1.29 is 9.21 Å². The number of imidazole rings is 1. The monoisotopic (exact) mass is 387 g/mol. The highest BCUT2D eigenvalue weighted by Crippen LogP contribution is 2.24. The Morgan fingerprint density at radius 2 is 1.79 bits per heavy atom. The molecular weight excluding hydrogens is 362 g/mol. The van der Waals surface area contributed by atoms with Gasteiger partial charge in [-0.1, -0.05) is 56.3 Å². The van der Waals surface area contributed by atoms with E-state index < -0.39 is 0 Å². The standard InChI is InChI=1S/C24H25N3O2/c1-16(2)23(24-25-19-10-6-7-11-20(19)26-24)27-22(28)15-13-18-12-14-21(29-18)17-8-4-3-5-9-17/h3-12,14,16,23H,13,15H2,1-2H3,(H,25,26)(H,27,28). The molecule has 1 unspecified atom stereocenters. The summed E-state index contributed by atoms with van der Waals surface area (Å²) < 4.78 is 5.90. The van der Waals surface area contributed by atoms with Crippen molar-refractivity contribution in [2.24, 2.45) is 5.92 Å². The van der Waals surface area contributed by atoms with Crippen molar-refractivity contribution >= 4 is 16.9 Å². The fourth-order valence-corrected chi connectivity index (χ4v) is 3.42. The van der Waals surface area contributed by atoms with E-state index in [2.05, 4.69) is 29.1 Å². The van der Waals surface area contributed by atoms with Gasteiger partial charge in [0.2, 0.25) is 5.91 Å². The second-order valence-electron chi connectivity index (χ2n) is 7.56. The van der Waals surface area contributed by atoms with Crippen LogP contribution in [0.4, 0.5) is 0 Å². The molecule has 0 fully saturated rings. The Morgan fingerprint density at radius 1 is 1.03 bits per heavy atom. The smallest absolute Gasteiger partial charge is 0.221 e. The molecule has 0 aliphatic carbocycles. The maximum atomic E-state index is 12.6. The molecule has 2 N–H and O–H groups in total. The zero-order valence-electron chi connectivity index (χ0n) is 16.7. The van der Waals surface area contributed by atoms with Gasteiger partial charge in [-0.25, -0.2) is 4.98 Å². The van der Waals surface area contributed by atoms with Crippen LogP contribution in [0.5, 0.6) is 0 Å². The molecule has 4 aromatic rings. The number of hydrogen-bond donors (Lipinski definition) is 2. The van der Waals surface area contributed by atoms with Gasteiger partial charge in [0.15, 0.2) is 0 Å². The van der Waals surface area contributed by atoms with Gasteiger partial charge in [0, 0.05) is 18.4 Å². The van der Waals surface area contributed by atoms with Gasteiger partial charge < -0.3 is 14.7 Å². The van der Waals surface area contributed by atoms with E-state index in [1.54, 1.807) is 0 Å². The summed E-state index contributed by atoms with van der Waals surface area (Å²) in [4.78, 5) is 20.6. The van der Waals surface area contributed by atoms with Gasteiger partial charge in [-0.2, -0.15) is 0 Å². The molecule has 0 aliphatic rings. The molecule has 5 nitrogen and oxygen atoms in total. The number of aryl methyl sites for hydroxylation is 1. The topological polar surface area (TPSA) is 70.9 Å². The number of benzene rings is 2. The number of hydrogen-bond acceptors (Lipinski definition) is 3. The van der Waals surface area contributed by atoms with E-state index in [-0.39, 0.29) is 17.9 Å². The van der Waals surface area contributed by atoms with Crippen LogP contribution in [0.2, 0.25) is 0 Å². The van der Waals surface area contributed by atoms with E-state index in [9.17, 15) is 4.79 Å². The molecule has 0 spiro atoms. The third kappa shape index (κ3) is 4.40. The molecule has 1 amide bonds. The average Bonchev–Trinajstić information content (AvgIpc) is 3.38. The number of rotatable bonds is 7. The van der Waals surface area contributed by atoms with Crippen LogP contribution in [0.1, 0.15) is 37.9 Å². The highest BCUT2D eigenvalue weighted by Gasteiger charge is 2.22. The Morgan fingerprint density at radius 3 is 2.55 bits per heavy atom. The van der Waals surface area contributed by atoms with Gasteiger partial charge >= 0.3 is 0 Å². The zero-order valence-corrected chi connectivity index (χ0v) is 16.7. The number of aromatic amines is 1. The molecule has 0 aliphatic heterocycles. The van der Waals surface area contributed by atoms with Gasteiger partial charge in [-0.05, 0) is 30.2 Å². The number of carbonyl (C=O) groups excluding carboxylic acids is 1. The first kappa shape index (κ1) is 19.0. The Hall–Kier alpha value is -3.34. The van der Waals surface area contributed by atoms with E-state index in [4.69, 9.17) is 4.42 Å². The van der Waals surface area contributed by atoms with E-state index in [0.717, 1.165) is 33.9 Å². The number of nitrogens with one attached hydrogen (secondary N) is 2. The minimum Gasteiger partial charge on any atom is -0.461 e. The van der Waals surface area contributed by atoms with Crippen molar-refractivity contribution in [2.75, 3.05) is 0 Å². The summed E-state index contributed by atoms with van der Waals surface area (Å²) in [7, 11) is 0.